The van der Waals surface area contributed by atoms with Crippen LogP contribution in [0.3, 0.4) is 0 Å². The van der Waals surface area contributed by atoms with Gasteiger partial charge in [0.1, 0.15) is 6.04 Å². The first-order valence-corrected chi connectivity index (χ1v) is 8.13. The van der Waals surface area contributed by atoms with Crippen molar-refractivity contribution in [3.05, 3.63) is 0 Å². The normalized spacial score (nSPS) is 40.2. The maximum Gasteiger partial charge on any atom is 0.327 e. The molecule has 5 unspecified atom stereocenters. The molecule has 6 nitrogen and oxygen atoms in total. The number of carboxylic acid groups (broad SMARTS) is 1. The number of carboxylic acids is 1. The Labute approximate surface area is 122 Å². The highest BCUT2D eigenvalue weighted by Crippen LogP contribution is 2.39. The number of aliphatic hydroxyl groups excluding tert-OH is 1. The second kappa shape index (κ2) is 5.11. The predicted molar refractivity (Wildman–Crippen MR) is 74.4 cm³/mol. The summed E-state index contributed by atoms with van der Waals surface area (Å²) in [6.07, 6.45) is 1.48. The quantitative estimate of drug-likeness (QED) is 0.743. The third-order valence-electron chi connectivity index (χ3n) is 4.82. The smallest absolute Gasteiger partial charge is 0.327 e. The summed E-state index contributed by atoms with van der Waals surface area (Å²) in [4.78, 5) is 27.1. The number of fused-ring (bicyclic) bond motifs is 1. The van der Waals surface area contributed by atoms with Crippen LogP contribution in [0.25, 0.3) is 0 Å². The van der Waals surface area contributed by atoms with Crippen LogP contribution in [0.2, 0.25) is 0 Å². The fraction of sp³-hybridized carbons (Fsp3) is 0.846. The van der Waals surface area contributed by atoms with Crippen molar-refractivity contribution in [3.8, 4) is 0 Å². The Morgan fingerprint density at radius 1 is 1.25 bits per heavy atom. The van der Waals surface area contributed by atoms with Gasteiger partial charge in [0.15, 0.2) is 0 Å². The van der Waals surface area contributed by atoms with Crippen molar-refractivity contribution in [2.75, 3.05) is 18.8 Å². The number of nitrogens with zero attached hydrogens (tertiary/aromatic N) is 2. The minimum Gasteiger partial charge on any atom is -0.480 e. The number of carbonyl (C=O) groups is 2. The zero-order valence-electron chi connectivity index (χ0n) is 11.4. The van der Waals surface area contributed by atoms with Crippen LogP contribution in [0, 0.1) is 11.8 Å². The number of carbonyl (C=O) groups excluding carboxylic acids is 1. The third kappa shape index (κ3) is 2.16. The van der Waals surface area contributed by atoms with Gasteiger partial charge >= 0.3 is 12.0 Å². The van der Waals surface area contributed by atoms with Gasteiger partial charge in [0.25, 0.3) is 0 Å². The Kier molecular flexibility index (Phi) is 3.58. The maximum absolute atomic E-state index is 12.6. The Balaban J connectivity index is 1.71. The Morgan fingerprint density at radius 2 is 2.00 bits per heavy atom. The van der Waals surface area contributed by atoms with Crippen molar-refractivity contribution in [1.82, 2.24) is 9.80 Å². The highest BCUT2D eigenvalue weighted by molar-refractivity contribution is 8.00. The predicted octanol–water partition coefficient (Wildman–Crippen LogP) is 0.657. The molecule has 3 aliphatic rings. The van der Waals surface area contributed by atoms with E-state index in [4.69, 9.17) is 0 Å². The lowest BCUT2D eigenvalue weighted by Crippen LogP contribution is -2.50. The second-order valence-electron chi connectivity index (χ2n) is 5.95. The summed E-state index contributed by atoms with van der Waals surface area (Å²) < 4.78 is 0. The van der Waals surface area contributed by atoms with Crippen LogP contribution in [0.1, 0.15) is 19.8 Å². The van der Waals surface area contributed by atoms with Crippen LogP contribution in [0.15, 0.2) is 0 Å². The molecule has 2 N–H and O–H groups in total. The molecule has 7 heteroatoms. The highest BCUT2D eigenvalue weighted by atomic mass is 32.2. The van der Waals surface area contributed by atoms with Gasteiger partial charge in [-0.05, 0) is 25.7 Å². The SMILES string of the molecule is CC1SCC(C(=O)O)N1C(=O)N1CC2CCC(O)C2C1. The van der Waals surface area contributed by atoms with Gasteiger partial charge < -0.3 is 15.1 Å². The van der Waals surface area contributed by atoms with Gasteiger partial charge in [-0.3, -0.25) is 4.90 Å². The van der Waals surface area contributed by atoms with E-state index in [1.54, 1.807) is 4.90 Å². The van der Waals surface area contributed by atoms with Gasteiger partial charge in [-0.25, -0.2) is 9.59 Å². The molecule has 5 atom stereocenters. The lowest BCUT2D eigenvalue weighted by atomic mass is 10.00. The van der Waals surface area contributed by atoms with Crippen molar-refractivity contribution < 1.29 is 19.8 Å². The standard InChI is InChI=1S/C13H20N2O4S/c1-7-15(10(6-20-7)12(17)18)13(19)14-4-8-2-3-11(16)9(8)5-14/h7-11,16H,2-6H2,1H3,(H,17,18). The van der Waals surface area contributed by atoms with Crippen LogP contribution in [-0.2, 0) is 4.79 Å². The number of aliphatic hydroxyl groups is 1. The Bertz CT molecular complexity index is 433. The molecule has 2 saturated heterocycles. The summed E-state index contributed by atoms with van der Waals surface area (Å²) in [5.41, 5.74) is 0. The van der Waals surface area contributed by atoms with Gasteiger partial charge in [-0.2, -0.15) is 0 Å². The Morgan fingerprint density at radius 3 is 2.65 bits per heavy atom. The molecule has 2 aliphatic heterocycles. The summed E-state index contributed by atoms with van der Waals surface area (Å²) in [7, 11) is 0. The number of rotatable bonds is 1. The minimum atomic E-state index is -0.936. The summed E-state index contributed by atoms with van der Waals surface area (Å²) in [6.45, 7) is 3.09. The van der Waals surface area contributed by atoms with Crippen LogP contribution in [0.5, 0.6) is 0 Å². The average molecular weight is 300 g/mol. The molecule has 1 saturated carbocycles. The number of hydrogen-bond donors (Lipinski definition) is 2. The first-order chi connectivity index (χ1) is 9.49. The fourth-order valence-electron chi connectivity index (χ4n) is 3.68. The van der Waals surface area contributed by atoms with Crippen molar-refractivity contribution in [3.63, 3.8) is 0 Å². The van der Waals surface area contributed by atoms with Crippen molar-refractivity contribution in [2.45, 2.75) is 37.3 Å². The van der Waals surface area contributed by atoms with Gasteiger partial charge in [-0.15, -0.1) is 11.8 Å². The van der Waals surface area contributed by atoms with E-state index in [0.29, 0.717) is 24.8 Å². The number of likely N-dealkylation sites (tertiary alicyclic amines) is 1. The minimum absolute atomic E-state index is 0.103. The van der Waals surface area contributed by atoms with Crippen LogP contribution < -0.4 is 0 Å². The first-order valence-electron chi connectivity index (χ1n) is 7.08. The monoisotopic (exact) mass is 300 g/mol. The van der Waals surface area contributed by atoms with Gasteiger partial charge in [0, 0.05) is 24.8 Å². The Hall–Kier alpha value is -0.950. The van der Waals surface area contributed by atoms with Gasteiger partial charge in [-0.1, -0.05) is 0 Å². The molecule has 0 spiro atoms. The number of hydrogen-bond acceptors (Lipinski definition) is 4. The molecule has 0 aromatic rings. The summed E-state index contributed by atoms with van der Waals surface area (Å²) in [5, 5.41) is 19.0. The zero-order valence-corrected chi connectivity index (χ0v) is 12.3. The summed E-state index contributed by atoms with van der Waals surface area (Å²) in [5.74, 6) is 0.0659. The van der Waals surface area contributed by atoms with E-state index in [1.807, 2.05) is 6.92 Å². The lowest BCUT2D eigenvalue weighted by molar-refractivity contribution is -0.141. The molecule has 0 radical (unpaired) electrons. The van der Waals surface area contributed by atoms with E-state index in [-0.39, 0.29) is 23.4 Å². The van der Waals surface area contributed by atoms with Gasteiger partial charge in [0.05, 0.1) is 11.5 Å². The number of amides is 2. The third-order valence-corrected chi connectivity index (χ3v) is 6.04. The molecule has 3 fully saturated rings. The van der Waals surface area contributed by atoms with E-state index in [1.165, 1.54) is 16.7 Å². The molecule has 3 rings (SSSR count). The summed E-state index contributed by atoms with van der Waals surface area (Å²) in [6, 6.07) is -0.913. The second-order valence-corrected chi connectivity index (χ2v) is 7.30. The largest absolute Gasteiger partial charge is 0.480 e. The molecular formula is C13H20N2O4S. The molecule has 2 amide bonds. The number of urea groups is 1. The molecule has 1 aliphatic carbocycles. The van der Waals surface area contributed by atoms with Crippen LogP contribution in [-0.4, -0.2) is 68.4 Å². The number of thioether (sulfide) groups is 1. The van der Waals surface area contributed by atoms with Crippen LogP contribution in [0.4, 0.5) is 4.79 Å². The average Bonchev–Trinajstić information content (AvgIpc) is 3.05. The maximum atomic E-state index is 12.6. The molecule has 0 aromatic carbocycles. The first kappa shape index (κ1) is 14.0. The topological polar surface area (TPSA) is 81.1 Å². The van der Waals surface area contributed by atoms with E-state index in [9.17, 15) is 19.8 Å². The zero-order chi connectivity index (χ0) is 14.4. The van der Waals surface area contributed by atoms with E-state index < -0.39 is 12.0 Å². The molecule has 112 valence electrons. The van der Waals surface area contributed by atoms with E-state index in [0.717, 1.165) is 12.8 Å². The lowest BCUT2D eigenvalue weighted by Gasteiger charge is -2.30. The number of aliphatic carboxylic acids is 1. The van der Waals surface area contributed by atoms with Crippen molar-refractivity contribution in [1.29, 1.82) is 0 Å². The van der Waals surface area contributed by atoms with Crippen molar-refractivity contribution >= 4 is 23.8 Å². The molecule has 0 bridgehead atoms. The summed E-state index contributed by atoms with van der Waals surface area (Å²) >= 11 is 1.50. The van der Waals surface area contributed by atoms with E-state index >= 15 is 0 Å². The molecular weight excluding hydrogens is 280 g/mol. The molecule has 2 heterocycles. The highest BCUT2D eigenvalue weighted by Gasteiger charge is 2.47. The fourth-order valence-corrected chi connectivity index (χ4v) is 4.84. The van der Waals surface area contributed by atoms with Gasteiger partial charge in [0.2, 0.25) is 0 Å². The van der Waals surface area contributed by atoms with E-state index in [2.05, 4.69) is 0 Å². The molecule has 0 aromatic heterocycles. The van der Waals surface area contributed by atoms with Crippen molar-refractivity contribution in [2.24, 2.45) is 11.8 Å². The molecule has 20 heavy (non-hydrogen) atoms. The van der Waals surface area contributed by atoms with Crippen LogP contribution >= 0.6 is 11.8 Å².